The number of aryl methyl sites for hydroxylation is 1. The van der Waals surface area contributed by atoms with E-state index in [4.69, 9.17) is 10.5 Å². The van der Waals surface area contributed by atoms with Crippen LogP contribution in [0.1, 0.15) is 25.3 Å². The van der Waals surface area contributed by atoms with E-state index in [0.717, 1.165) is 49.7 Å². The Labute approximate surface area is 103 Å². The second-order valence-electron chi connectivity index (χ2n) is 5.20. The summed E-state index contributed by atoms with van der Waals surface area (Å²) in [6.07, 6.45) is 3.92. The molecule has 0 saturated carbocycles. The first-order valence-corrected chi connectivity index (χ1v) is 6.13. The van der Waals surface area contributed by atoms with Crippen molar-refractivity contribution < 1.29 is 4.74 Å². The summed E-state index contributed by atoms with van der Waals surface area (Å²) in [6.45, 7) is 6.97. The lowest BCUT2D eigenvalue weighted by molar-refractivity contribution is 0.0300. The second-order valence-corrected chi connectivity index (χ2v) is 5.20. The number of nitrogen functional groups attached to an aromatic ring is 1. The van der Waals surface area contributed by atoms with E-state index in [1.54, 1.807) is 6.20 Å². The molecule has 0 radical (unpaired) electrons. The van der Waals surface area contributed by atoms with Gasteiger partial charge in [-0.3, -0.25) is 0 Å². The van der Waals surface area contributed by atoms with Gasteiger partial charge in [0.15, 0.2) is 0 Å². The van der Waals surface area contributed by atoms with Gasteiger partial charge in [-0.25, -0.2) is 4.98 Å². The van der Waals surface area contributed by atoms with Crippen molar-refractivity contribution in [1.29, 1.82) is 0 Å². The fourth-order valence-electron chi connectivity index (χ4n) is 2.01. The quantitative estimate of drug-likeness (QED) is 0.843. The molecule has 0 aliphatic carbocycles. The second kappa shape index (κ2) is 4.92. The molecule has 3 N–H and O–H groups in total. The fourth-order valence-corrected chi connectivity index (χ4v) is 2.01. The molecule has 4 nitrogen and oxygen atoms in total. The monoisotopic (exact) mass is 235 g/mol. The fraction of sp³-hybridized carbons (Fsp3) is 0.615. The standard InChI is InChI=1S/C13H21N3O/c1-10-7-12(15-8-11(10)14)16-9-13(2)3-5-17-6-4-13/h7-8H,3-6,9,14H2,1-2H3,(H,15,16). The molecule has 1 aliphatic rings. The van der Waals surface area contributed by atoms with Crippen LogP contribution in [-0.4, -0.2) is 24.7 Å². The summed E-state index contributed by atoms with van der Waals surface area (Å²) in [4.78, 5) is 4.29. The minimum Gasteiger partial charge on any atom is -0.397 e. The van der Waals surface area contributed by atoms with Gasteiger partial charge in [-0.2, -0.15) is 0 Å². The molecule has 4 heteroatoms. The lowest BCUT2D eigenvalue weighted by Gasteiger charge is -2.33. The van der Waals surface area contributed by atoms with E-state index in [0.29, 0.717) is 5.41 Å². The van der Waals surface area contributed by atoms with Gasteiger partial charge < -0.3 is 15.8 Å². The molecule has 1 aromatic rings. The number of nitrogens with one attached hydrogen (secondary N) is 1. The van der Waals surface area contributed by atoms with E-state index in [1.807, 2.05) is 13.0 Å². The van der Waals surface area contributed by atoms with Gasteiger partial charge in [0.1, 0.15) is 5.82 Å². The minimum atomic E-state index is 0.315. The van der Waals surface area contributed by atoms with Crippen LogP contribution < -0.4 is 11.1 Å². The van der Waals surface area contributed by atoms with Gasteiger partial charge in [0.05, 0.1) is 11.9 Å². The predicted octanol–water partition coefficient (Wildman–Crippen LogP) is 2.20. The highest BCUT2D eigenvalue weighted by Gasteiger charge is 2.27. The average Bonchev–Trinajstić information content (AvgIpc) is 2.32. The summed E-state index contributed by atoms with van der Waals surface area (Å²) >= 11 is 0. The highest BCUT2D eigenvalue weighted by Crippen LogP contribution is 2.29. The third kappa shape index (κ3) is 3.09. The first-order chi connectivity index (χ1) is 8.09. The Morgan fingerprint density at radius 3 is 2.82 bits per heavy atom. The maximum atomic E-state index is 5.75. The maximum Gasteiger partial charge on any atom is 0.126 e. The summed E-state index contributed by atoms with van der Waals surface area (Å²) in [5, 5.41) is 3.40. The molecule has 0 atom stereocenters. The van der Waals surface area contributed by atoms with Crippen molar-refractivity contribution in [2.24, 2.45) is 5.41 Å². The van der Waals surface area contributed by atoms with Gasteiger partial charge in [0.2, 0.25) is 0 Å². The molecule has 1 aromatic heterocycles. The van der Waals surface area contributed by atoms with Crippen molar-refractivity contribution in [2.75, 3.05) is 30.8 Å². The van der Waals surface area contributed by atoms with Crippen LogP contribution in [-0.2, 0) is 4.74 Å². The van der Waals surface area contributed by atoms with Gasteiger partial charge in [-0.15, -0.1) is 0 Å². The van der Waals surface area contributed by atoms with Crippen LogP contribution in [0.3, 0.4) is 0 Å². The summed E-state index contributed by atoms with van der Waals surface area (Å²) in [5.41, 5.74) is 7.87. The van der Waals surface area contributed by atoms with Crippen molar-refractivity contribution in [1.82, 2.24) is 4.98 Å². The molecule has 1 aliphatic heterocycles. The Kier molecular flexibility index (Phi) is 3.52. The Balaban J connectivity index is 1.94. The molecule has 94 valence electrons. The van der Waals surface area contributed by atoms with Crippen LogP contribution in [0.5, 0.6) is 0 Å². The Bertz CT molecular complexity index is 386. The molecule has 1 fully saturated rings. The molecule has 2 heterocycles. The normalized spacial score (nSPS) is 18.9. The molecule has 0 amide bonds. The van der Waals surface area contributed by atoms with Crippen LogP contribution >= 0.6 is 0 Å². The molecule has 17 heavy (non-hydrogen) atoms. The zero-order chi connectivity index (χ0) is 12.3. The number of hydrogen-bond donors (Lipinski definition) is 2. The summed E-state index contributed by atoms with van der Waals surface area (Å²) in [6, 6.07) is 2.00. The smallest absolute Gasteiger partial charge is 0.126 e. The number of nitrogens with zero attached hydrogens (tertiary/aromatic N) is 1. The molecule has 0 unspecified atom stereocenters. The number of rotatable bonds is 3. The minimum absolute atomic E-state index is 0.315. The van der Waals surface area contributed by atoms with Crippen molar-refractivity contribution >= 4 is 11.5 Å². The first-order valence-electron chi connectivity index (χ1n) is 6.13. The van der Waals surface area contributed by atoms with Gasteiger partial charge in [-0.1, -0.05) is 6.92 Å². The van der Waals surface area contributed by atoms with E-state index < -0.39 is 0 Å². The lowest BCUT2D eigenvalue weighted by atomic mass is 9.82. The molecular formula is C13H21N3O. The van der Waals surface area contributed by atoms with E-state index in [9.17, 15) is 0 Å². The number of anilines is 2. The zero-order valence-electron chi connectivity index (χ0n) is 10.6. The average molecular weight is 235 g/mol. The molecule has 2 rings (SSSR count). The third-order valence-electron chi connectivity index (χ3n) is 3.55. The molecule has 0 spiro atoms. The number of nitrogens with two attached hydrogens (primary N) is 1. The van der Waals surface area contributed by atoms with Crippen molar-refractivity contribution in [3.05, 3.63) is 17.8 Å². The Morgan fingerprint density at radius 2 is 2.18 bits per heavy atom. The van der Waals surface area contributed by atoms with Crippen molar-refractivity contribution in [3.63, 3.8) is 0 Å². The maximum absolute atomic E-state index is 5.75. The summed E-state index contributed by atoms with van der Waals surface area (Å²) in [7, 11) is 0. The molecule has 0 aromatic carbocycles. The summed E-state index contributed by atoms with van der Waals surface area (Å²) in [5.74, 6) is 0.907. The van der Waals surface area contributed by atoms with Gasteiger partial charge in [0, 0.05) is 19.8 Å². The van der Waals surface area contributed by atoms with Gasteiger partial charge >= 0.3 is 0 Å². The van der Waals surface area contributed by atoms with E-state index in [2.05, 4.69) is 17.2 Å². The van der Waals surface area contributed by atoms with Gasteiger partial charge in [0.25, 0.3) is 0 Å². The number of ether oxygens (including phenoxy) is 1. The molecule has 1 saturated heterocycles. The predicted molar refractivity (Wildman–Crippen MR) is 70.0 cm³/mol. The van der Waals surface area contributed by atoms with Crippen LogP contribution in [0.2, 0.25) is 0 Å². The highest BCUT2D eigenvalue weighted by atomic mass is 16.5. The molecular weight excluding hydrogens is 214 g/mol. The van der Waals surface area contributed by atoms with E-state index in [-0.39, 0.29) is 0 Å². The first kappa shape index (κ1) is 12.2. The SMILES string of the molecule is Cc1cc(NCC2(C)CCOCC2)ncc1N. The number of pyridine rings is 1. The lowest BCUT2D eigenvalue weighted by Crippen LogP contribution is -2.33. The zero-order valence-corrected chi connectivity index (χ0v) is 10.6. The van der Waals surface area contributed by atoms with Gasteiger partial charge in [-0.05, 0) is 36.8 Å². The highest BCUT2D eigenvalue weighted by molar-refractivity contribution is 5.50. The van der Waals surface area contributed by atoms with Crippen molar-refractivity contribution in [3.8, 4) is 0 Å². The number of aromatic nitrogens is 1. The topological polar surface area (TPSA) is 60.2 Å². The Morgan fingerprint density at radius 1 is 1.47 bits per heavy atom. The number of hydrogen-bond acceptors (Lipinski definition) is 4. The van der Waals surface area contributed by atoms with E-state index in [1.165, 1.54) is 0 Å². The summed E-state index contributed by atoms with van der Waals surface area (Å²) < 4.78 is 5.39. The van der Waals surface area contributed by atoms with E-state index >= 15 is 0 Å². The van der Waals surface area contributed by atoms with Crippen LogP contribution in [0.15, 0.2) is 12.3 Å². The van der Waals surface area contributed by atoms with Crippen LogP contribution in [0.25, 0.3) is 0 Å². The van der Waals surface area contributed by atoms with Crippen molar-refractivity contribution in [2.45, 2.75) is 26.7 Å². The van der Waals surface area contributed by atoms with Crippen LogP contribution in [0.4, 0.5) is 11.5 Å². The van der Waals surface area contributed by atoms with Crippen LogP contribution in [0, 0.1) is 12.3 Å². The molecule has 0 bridgehead atoms. The third-order valence-corrected chi connectivity index (χ3v) is 3.55. The largest absolute Gasteiger partial charge is 0.397 e. The Hall–Kier alpha value is -1.29.